The van der Waals surface area contributed by atoms with Crippen molar-refractivity contribution in [2.45, 2.75) is 13.3 Å². The van der Waals surface area contributed by atoms with E-state index in [0.717, 1.165) is 15.8 Å². The second kappa shape index (κ2) is 6.97. The number of fused-ring (bicyclic) bond motifs is 1. The fraction of sp³-hybridized carbons (Fsp3) is 0.167. The van der Waals surface area contributed by atoms with Crippen LogP contribution in [0.25, 0.3) is 10.9 Å². The molecule has 0 atom stereocenters. The Bertz CT molecular complexity index is 962. The van der Waals surface area contributed by atoms with E-state index in [-0.39, 0.29) is 5.56 Å². The molecule has 0 fully saturated rings. The molecule has 122 valence electrons. The molecule has 6 heteroatoms. The number of halogens is 1. The Morgan fingerprint density at radius 3 is 2.67 bits per heavy atom. The molecule has 0 aliphatic carbocycles. The third-order valence-electron chi connectivity index (χ3n) is 3.63. The highest BCUT2D eigenvalue weighted by Gasteiger charge is 2.09. The van der Waals surface area contributed by atoms with Crippen LogP contribution in [0.15, 0.2) is 56.8 Å². The van der Waals surface area contributed by atoms with Crippen LogP contribution in [0.3, 0.4) is 0 Å². The lowest BCUT2D eigenvalue weighted by Crippen LogP contribution is -2.22. The van der Waals surface area contributed by atoms with E-state index in [4.69, 9.17) is 4.74 Å². The number of aryl methyl sites for hydroxylation is 1. The van der Waals surface area contributed by atoms with E-state index >= 15 is 0 Å². The van der Waals surface area contributed by atoms with Crippen molar-refractivity contribution in [1.82, 2.24) is 9.66 Å². The van der Waals surface area contributed by atoms with Crippen LogP contribution in [0.5, 0.6) is 5.75 Å². The third kappa shape index (κ3) is 3.23. The summed E-state index contributed by atoms with van der Waals surface area (Å²) < 4.78 is 7.33. The largest absolute Gasteiger partial charge is 0.497 e. The van der Waals surface area contributed by atoms with Crippen molar-refractivity contribution >= 4 is 33.0 Å². The monoisotopic (exact) mass is 385 g/mol. The molecule has 0 radical (unpaired) electrons. The van der Waals surface area contributed by atoms with Crippen molar-refractivity contribution < 1.29 is 4.74 Å². The number of benzene rings is 2. The van der Waals surface area contributed by atoms with Crippen molar-refractivity contribution in [3.63, 3.8) is 0 Å². The average molecular weight is 386 g/mol. The molecule has 0 saturated heterocycles. The summed E-state index contributed by atoms with van der Waals surface area (Å²) in [6.07, 6.45) is 2.26. The van der Waals surface area contributed by atoms with Gasteiger partial charge >= 0.3 is 0 Å². The van der Waals surface area contributed by atoms with Crippen molar-refractivity contribution in [3.8, 4) is 5.75 Å². The zero-order valence-electron chi connectivity index (χ0n) is 13.4. The lowest BCUT2D eigenvalue weighted by molar-refractivity contribution is 0.415. The predicted molar refractivity (Wildman–Crippen MR) is 99.1 cm³/mol. The maximum Gasteiger partial charge on any atom is 0.282 e. The van der Waals surface area contributed by atoms with Gasteiger partial charge in [0.1, 0.15) is 11.6 Å². The van der Waals surface area contributed by atoms with Gasteiger partial charge in [0.15, 0.2) is 0 Å². The van der Waals surface area contributed by atoms with Gasteiger partial charge in [-0.25, -0.2) is 4.98 Å². The Labute approximate surface area is 147 Å². The van der Waals surface area contributed by atoms with Crippen molar-refractivity contribution in [2.75, 3.05) is 7.11 Å². The summed E-state index contributed by atoms with van der Waals surface area (Å²) in [5.74, 6) is 1.40. The van der Waals surface area contributed by atoms with Gasteiger partial charge in [-0.15, -0.1) is 0 Å². The van der Waals surface area contributed by atoms with E-state index in [9.17, 15) is 4.79 Å². The standard InChI is InChI=1S/C18H16BrN3O2/c1-3-17-21-16-9-6-13(19)10-15(16)18(23)22(17)20-11-12-4-7-14(24-2)8-5-12/h4-11H,3H2,1-2H3. The molecule has 0 unspecified atom stereocenters. The summed E-state index contributed by atoms with van der Waals surface area (Å²) in [6, 6.07) is 12.9. The first-order valence-electron chi connectivity index (χ1n) is 7.52. The van der Waals surface area contributed by atoms with Gasteiger partial charge in [0.05, 0.1) is 24.2 Å². The lowest BCUT2D eigenvalue weighted by atomic mass is 10.2. The van der Waals surface area contributed by atoms with E-state index in [2.05, 4.69) is 26.0 Å². The maximum atomic E-state index is 12.8. The first-order chi connectivity index (χ1) is 11.6. The summed E-state index contributed by atoms with van der Waals surface area (Å²) >= 11 is 3.39. The fourth-order valence-corrected chi connectivity index (χ4v) is 2.72. The van der Waals surface area contributed by atoms with Gasteiger partial charge in [-0.3, -0.25) is 4.79 Å². The maximum absolute atomic E-state index is 12.8. The number of nitrogens with zero attached hydrogens (tertiary/aromatic N) is 3. The van der Waals surface area contributed by atoms with Gasteiger partial charge in [-0.1, -0.05) is 22.9 Å². The molecule has 0 N–H and O–H groups in total. The van der Waals surface area contributed by atoms with E-state index in [1.54, 1.807) is 19.4 Å². The van der Waals surface area contributed by atoms with Crippen LogP contribution < -0.4 is 10.3 Å². The summed E-state index contributed by atoms with van der Waals surface area (Å²) in [4.78, 5) is 17.3. The molecule has 0 aliphatic rings. The zero-order valence-corrected chi connectivity index (χ0v) is 14.9. The van der Waals surface area contributed by atoms with E-state index in [1.807, 2.05) is 43.3 Å². The minimum Gasteiger partial charge on any atom is -0.497 e. The number of aromatic nitrogens is 2. The van der Waals surface area contributed by atoms with Crippen molar-refractivity contribution in [2.24, 2.45) is 5.10 Å². The minimum absolute atomic E-state index is 0.178. The molecular formula is C18H16BrN3O2. The minimum atomic E-state index is -0.178. The first kappa shape index (κ1) is 16.4. The molecule has 0 saturated carbocycles. The normalized spacial score (nSPS) is 11.3. The predicted octanol–water partition coefficient (Wildman–Crippen LogP) is 3.61. The number of ether oxygens (including phenoxy) is 1. The number of rotatable bonds is 4. The molecular weight excluding hydrogens is 370 g/mol. The molecule has 0 bridgehead atoms. The fourth-order valence-electron chi connectivity index (χ4n) is 2.36. The Kier molecular flexibility index (Phi) is 4.76. The molecule has 3 rings (SSSR count). The number of hydrogen-bond acceptors (Lipinski definition) is 4. The Morgan fingerprint density at radius 1 is 1.25 bits per heavy atom. The van der Waals surface area contributed by atoms with Gasteiger partial charge in [-0.2, -0.15) is 9.78 Å². The lowest BCUT2D eigenvalue weighted by Gasteiger charge is -2.07. The summed E-state index contributed by atoms with van der Waals surface area (Å²) in [7, 11) is 1.62. The van der Waals surface area contributed by atoms with Gasteiger partial charge in [0, 0.05) is 10.9 Å². The molecule has 0 amide bonds. The van der Waals surface area contributed by atoms with Crippen molar-refractivity contribution in [1.29, 1.82) is 0 Å². The van der Waals surface area contributed by atoms with Crippen LogP contribution in [0.1, 0.15) is 18.3 Å². The molecule has 24 heavy (non-hydrogen) atoms. The molecule has 2 aromatic carbocycles. The van der Waals surface area contributed by atoms with E-state index < -0.39 is 0 Å². The summed E-state index contributed by atoms with van der Waals surface area (Å²) in [5.41, 5.74) is 1.37. The number of hydrogen-bond donors (Lipinski definition) is 0. The van der Waals surface area contributed by atoms with Crippen molar-refractivity contribution in [3.05, 3.63) is 68.7 Å². The molecule has 1 aromatic heterocycles. The molecule has 5 nitrogen and oxygen atoms in total. The smallest absolute Gasteiger partial charge is 0.282 e. The van der Waals surface area contributed by atoms with Crippen LogP contribution in [0, 0.1) is 0 Å². The van der Waals surface area contributed by atoms with Crippen LogP contribution >= 0.6 is 15.9 Å². The second-order valence-corrected chi connectivity index (χ2v) is 6.09. The first-order valence-corrected chi connectivity index (χ1v) is 8.31. The third-order valence-corrected chi connectivity index (χ3v) is 4.12. The second-order valence-electron chi connectivity index (χ2n) is 5.18. The molecule has 1 heterocycles. The summed E-state index contributed by atoms with van der Waals surface area (Å²) in [6.45, 7) is 1.95. The van der Waals surface area contributed by atoms with E-state index in [1.165, 1.54) is 4.68 Å². The van der Waals surface area contributed by atoms with E-state index in [0.29, 0.717) is 23.1 Å². The molecule has 0 spiro atoms. The molecule has 3 aromatic rings. The highest BCUT2D eigenvalue weighted by molar-refractivity contribution is 9.10. The average Bonchev–Trinajstić information content (AvgIpc) is 2.61. The highest BCUT2D eigenvalue weighted by Crippen LogP contribution is 2.16. The van der Waals surface area contributed by atoms with Crippen LogP contribution in [-0.4, -0.2) is 23.0 Å². The zero-order chi connectivity index (χ0) is 17.1. The van der Waals surface area contributed by atoms with Crippen LogP contribution in [-0.2, 0) is 6.42 Å². The topological polar surface area (TPSA) is 56.5 Å². The van der Waals surface area contributed by atoms with Gasteiger partial charge in [0.2, 0.25) is 0 Å². The van der Waals surface area contributed by atoms with Crippen LogP contribution in [0.2, 0.25) is 0 Å². The van der Waals surface area contributed by atoms with Crippen LogP contribution in [0.4, 0.5) is 0 Å². The van der Waals surface area contributed by atoms with Gasteiger partial charge in [0.25, 0.3) is 5.56 Å². The summed E-state index contributed by atoms with van der Waals surface area (Å²) in [5, 5.41) is 4.88. The van der Waals surface area contributed by atoms with Gasteiger partial charge in [-0.05, 0) is 48.0 Å². The number of methoxy groups -OCH3 is 1. The Morgan fingerprint density at radius 2 is 2.00 bits per heavy atom. The molecule has 0 aliphatic heterocycles. The Balaban J connectivity index is 2.08. The SMILES string of the molecule is CCc1nc2ccc(Br)cc2c(=O)n1N=Cc1ccc(OC)cc1. The quantitative estimate of drug-likeness (QED) is 0.644. The highest BCUT2D eigenvalue weighted by atomic mass is 79.9. The van der Waals surface area contributed by atoms with Gasteiger partial charge < -0.3 is 4.74 Å². The Hall–Kier alpha value is -2.47.